The lowest BCUT2D eigenvalue weighted by molar-refractivity contribution is 0.808. The highest BCUT2D eigenvalue weighted by Gasteiger charge is 2.22. The Hall–Kier alpha value is -2.30. The average Bonchev–Trinajstić information content (AvgIpc) is 3.17. The molecule has 0 atom stereocenters. The number of nitrogens with zero attached hydrogens (tertiary/aromatic N) is 3. The molecule has 2 N–H and O–H groups in total. The Morgan fingerprint density at radius 3 is 3.04 bits per heavy atom. The van der Waals surface area contributed by atoms with Gasteiger partial charge in [-0.2, -0.15) is 5.10 Å². The van der Waals surface area contributed by atoms with Crippen LogP contribution in [0.15, 0.2) is 35.5 Å². The molecule has 122 valence electrons. The van der Waals surface area contributed by atoms with Crippen LogP contribution in [0, 0.1) is 6.92 Å². The van der Waals surface area contributed by atoms with Crippen molar-refractivity contribution in [3.63, 3.8) is 0 Å². The van der Waals surface area contributed by atoms with E-state index in [0.29, 0.717) is 0 Å². The zero-order chi connectivity index (χ0) is 16.1. The average molecular weight is 311 g/mol. The molecule has 1 aromatic heterocycles. The van der Waals surface area contributed by atoms with Crippen LogP contribution in [0.1, 0.15) is 30.2 Å². The number of hydrogen-bond donors (Lipinski definition) is 2. The lowest BCUT2D eigenvalue weighted by Gasteiger charge is -2.22. The van der Waals surface area contributed by atoms with E-state index in [1.165, 1.54) is 16.8 Å². The molecule has 5 nitrogen and oxygen atoms in total. The molecule has 0 amide bonds. The number of anilines is 1. The quantitative estimate of drug-likeness (QED) is 0.507. The molecule has 3 rings (SSSR count). The standard InChI is InChI=1S/C18H25N5/c1-3-19-18(20-11-6-8-16-13-21-22-14(16)2)23-12-10-15-7-4-5-9-17(15)23/h4-5,7,9,13H,3,6,8,10-12H2,1-2H3,(H,19,20)(H,21,22). The summed E-state index contributed by atoms with van der Waals surface area (Å²) in [5, 5.41) is 10.5. The van der Waals surface area contributed by atoms with E-state index in [1.54, 1.807) is 0 Å². The Morgan fingerprint density at radius 1 is 1.39 bits per heavy atom. The van der Waals surface area contributed by atoms with Gasteiger partial charge in [-0.25, -0.2) is 0 Å². The van der Waals surface area contributed by atoms with E-state index in [4.69, 9.17) is 4.99 Å². The van der Waals surface area contributed by atoms with Gasteiger partial charge >= 0.3 is 0 Å². The van der Waals surface area contributed by atoms with Crippen molar-refractivity contribution in [1.29, 1.82) is 0 Å². The van der Waals surface area contributed by atoms with Crippen molar-refractivity contribution in [2.75, 3.05) is 24.5 Å². The molecule has 0 unspecified atom stereocenters. The monoisotopic (exact) mass is 311 g/mol. The van der Waals surface area contributed by atoms with Crippen LogP contribution >= 0.6 is 0 Å². The maximum atomic E-state index is 4.82. The van der Waals surface area contributed by atoms with Crippen LogP contribution in [0.3, 0.4) is 0 Å². The highest BCUT2D eigenvalue weighted by Crippen LogP contribution is 2.27. The number of benzene rings is 1. The molecule has 0 fully saturated rings. The second-order valence-electron chi connectivity index (χ2n) is 5.89. The zero-order valence-electron chi connectivity index (χ0n) is 14.0. The fourth-order valence-electron chi connectivity index (χ4n) is 3.04. The number of aryl methyl sites for hydroxylation is 2. The summed E-state index contributed by atoms with van der Waals surface area (Å²) in [5.74, 6) is 1.00. The van der Waals surface area contributed by atoms with Crippen LogP contribution in [0.5, 0.6) is 0 Å². The van der Waals surface area contributed by atoms with Gasteiger partial charge < -0.3 is 10.2 Å². The van der Waals surface area contributed by atoms with Gasteiger partial charge in [0.1, 0.15) is 0 Å². The first-order valence-corrected chi connectivity index (χ1v) is 8.42. The molecule has 0 saturated carbocycles. The van der Waals surface area contributed by atoms with E-state index < -0.39 is 0 Å². The zero-order valence-corrected chi connectivity index (χ0v) is 14.0. The number of guanidine groups is 1. The molecule has 0 radical (unpaired) electrons. The number of aliphatic imine (C=N–C) groups is 1. The summed E-state index contributed by atoms with van der Waals surface area (Å²) in [7, 11) is 0. The minimum atomic E-state index is 0.825. The molecule has 0 spiro atoms. The van der Waals surface area contributed by atoms with Crippen molar-refractivity contribution in [3.8, 4) is 0 Å². The Balaban J connectivity index is 1.63. The van der Waals surface area contributed by atoms with Crippen molar-refractivity contribution in [2.45, 2.75) is 33.1 Å². The third-order valence-corrected chi connectivity index (χ3v) is 4.28. The van der Waals surface area contributed by atoms with E-state index in [-0.39, 0.29) is 0 Å². The highest BCUT2D eigenvalue weighted by atomic mass is 15.3. The molecule has 2 heterocycles. The molecule has 1 aromatic carbocycles. The number of fused-ring (bicyclic) bond motifs is 1. The van der Waals surface area contributed by atoms with Gasteiger partial charge in [-0.05, 0) is 50.3 Å². The maximum absolute atomic E-state index is 4.82. The summed E-state index contributed by atoms with van der Waals surface area (Å²) in [4.78, 5) is 7.13. The minimum Gasteiger partial charge on any atom is -0.356 e. The molecule has 1 aliphatic heterocycles. The summed E-state index contributed by atoms with van der Waals surface area (Å²) in [5.41, 5.74) is 5.15. The summed E-state index contributed by atoms with van der Waals surface area (Å²) >= 11 is 0. The van der Waals surface area contributed by atoms with Crippen molar-refractivity contribution in [2.24, 2.45) is 4.99 Å². The molecule has 2 aromatic rings. The summed E-state index contributed by atoms with van der Waals surface area (Å²) in [6.45, 7) is 6.90. The molecule has 1 aliphatic rings. The normalized spacial score (nSPS) is 14.2. The number of aromatic nitrogens is 2. The molecule has 23 heavy (non-hydrogen) atoms. The van der Waals surface area contributed by atoms with E-state index in [2.05, 4.69) is 58.5 Å². The van der Waals surface area contributed by atoms with Crippen LogP contribution in [-0.4, -0.2) is 35.8 Å². The van der Waals surface area contributed by atoms with Gasteiger partial charge in [0, 0.05) is 31.0 Å². The highest BCUT2D eigenvalue weighted by molar-refractivity contribution is 5.97. The van der Waals surface area contributed by atoms with Gasteiger partial charge in [0.25, 0.3) is 0 Å². The number of para-hydroxylation sites is 1. The van der Waals surface area contributed by atoms with Crippen LogP contribution in [0.2, 0.25) is 0 Å². The second kappa shape index (κ2) is 7.31. The van der Waals surface area contributed by atoms with Gasteiger partial charge in [-0.1, -0.05) is 18.2 Å². The SMILES string of the molecule is CCNC(=NCCCc1cn[nH]c1C)N1CCc2ccccc21. The summed E-state index contributed by atoms with van der Waals surface area (Å²) < 4.78 is 0. The minimum absolute atomic E-state index is 0.825. The third-order valence-electron chi connectivity index (χ3n) is 4.28. The molecule has 0 saturated heterocycles. The molecule has 0 bridgehead atoms. The number of rotatable bonds is 5. The van der Waals surface area contributed by atoms with Crippen LogP contribution in [-0.2, 0) is 12.8 Å². The molecular formula is C18H25N5. The lowest BCUT2D eigenvalue weighted by Crippen LogP contribution is -2.40. The van der Waals surface area contributed by atoms with Gasteiger partial charge in [-0.15, -0.1) is 0 Å². The first-order valence-electron chi connectivity index (χ1n) is 8.42. The van der Waals surface area contributed by atoms with E-state index in [9.17, 15) is 0 Å². The van der Waals surface area contributed by atoms with Crippen molar-refractivity contribution in [3.05, 3.63) is 47.3 Å². The van der Waals surface area contributed by atoms with Crippen molar-refractivity contribution >= 4 is 11.6 Å². The van der Waals surface area contributed by atoms with Gasteiger partial charge in [-0.3, -0.25) is 10.1 Å². The Morgan fingerprint density at radius 2 is 2.26 bits per heavy atom. The molecule has 0 aliphatic carbocycles. The fraction of sp³-hybridized carbons (Fsp3) is 0.444. The topological polar surface area (TPSA) is 56.3 Å². The number of H-pyrrole nitrogens is 1. The second-order valence-corrected chi connectivity index (χ2v) is 5.89. The van der Waals surface area contributed by atoms with E-state index in [0.717, 1.165) is 50.6 Å². The third kappa shape index (κ3) is 3.55. The summed E-state index contributed by atoms with van der Waals surface area (Å²) in [6.07, 6.45) is 5.06. The smallest absolute Gasteiger partial charge is 0.198 e. The van der Waals surface area contributed by atoms with Gasteiger partial charge in [0.2, 0.25) is 0 Å². The number of aromatic amines is 1. The predicted octanol–water partition coefficient (Wildman–Crippen LogP) is 2.68. The van der Waals surface area contributed by atoms with Crippen LogP contribution in [0.25, 0.3) is 0 Å². The van der Waals surface area contributed by atoms with Crippen molar-refractivity contribution < 1.29 is 0 Å². The predicted molar refractivity (Wildman–Crippen MR) is 95.1 cm³/mol. The van der Waals surface area contributed by atoms with Crippen LogP contribution in [0.4, 0.5) is 5.69 Å². The lowest BCUT2D eigenvalue weighted by atomic mass is 10.1. The van der Waals surface area contributed by atoms with Gasteiger partial charge in [0.15, 0.2) is 5.96 Å². The first-order chi connectivity index (χ1) is 11.3. The van der Waals surface area contributed by atoms with Crippen molar-refractivity contribution in [1.82, 2.24) is 15.5 Å². The largest absolute Gasteiger partial charge is 0.356 e. The number of nitrogens with one attached hydrogen (secondary N) is 2. The molecular weight excluding hydrogens is 286 g/mol. The Bertz CT molecular complexity index is 674. The number of hydrogen-bond acceptors (Lipinski definition) is 2. The maximum Gasteiger partial charge on any atom is 0.198 e. The van der Waals surface area contributed by atoms with E-state index in [1.807, 2.05) is 6.20 Å². The Kier molecular flexibility index (Phi) is 4.95. The molecule has 5 heteroatoms. The Labute approximate surface area is 137 Å². The first kappa shape index (κ1) is 15.6. The fourth-order valence-corrected chi connectivity index (χ4v) is 3.04. The van der Waals surface area contributed by atoms with Gasteiger partial charge in [0.05, 0.1) is 6.20 Å². The summed E-state index contributed by atoms with van der Waals surface area (Å²) in [6, 6.07) is 8.60. The van der Waals surface area contributed by atoms with Crippen LogP contribution < -0.4 is 10.2 Å². The van der Waals surface area contributed by atoms with E-state index >= 15 is 0 Å².